The van der Waals surface area contributed by atoms with Gasteiger partial charge >= 0.3 is 0 Å². The smallest absolute Gasteiger partial charge is 0.243 e. The molecule has 0 unspecified atom stereocenters. The molecule has 5 rings (SSSR count). The first-order valence-electron chi connectivity index (χ1n) is 9.72. The number of aromatic nitrogens is 5. The van der Waals surface area contributed by atoms with E-state index < -0.39 is 10.0 Å². The van der Waals surface area contributed by atoms with Crippen molar-refractivity contribution < 1.29 is 17.9 Å². The van der Waals surface area contributed by atoms with Gasteiger partial charge in [-0.05, 0) is 64.5 Å². The maximum atomic E-state index is 13.6. The van der Waals surface area contributed by atoms with Crippen LogP contribution in [0.3, 0.4) is 0 Å². The Morgan fingerprint density at radius 3 is 2.56 bits per heavy atom. The Labute approximate surface area is 184 Å². The van der Waals surface area contributed by atoms with E-state index in [1.807, 2.05) is 12.1 Å². The van der Waals surface area contributed by atoms with Crippen molar-refractivity contribution >= 4 is 10.0 Å². The second kappa shape index (κ2) is 8.36. The van der Waals surface area contributed by atoms with Crippen LogP contribution in [0.4, 0.5) is 0 Å². The fraction of sp³-hybridized carbons (Fsp3) is 0.143. The van der Waals surface area contributed by atoms with Gasteiger partial charge in [-0.15, -0.1) is 5.10 Å². The van der Waals surface area contributed by atoms with Gasteiger partial charge in [-0.3, -0.25) is 4.98 Å². The molecule has 0 amide bonds. The van der Waals surface area contributed by atoms with Gasteiger partial charge in [0.2, 0.25) is 16.8 Å². The van der Waals surface area contributed by atoms with Crippen LogP contribution >= 0.6 is 0 Å². The van der Waals surface area contributed by atoms with Crippen molar-refractivity contribution in [1.29, 1.82) is 0 Å². The Kier molecular flexibility index (Phi) is 5.25. The fourth-order valence-electron chi connectivity index (χ4n) is 3.34. The van der Waals surface area contributed by atoms with Gasteiger partial charge in [0.1, 0.15) is 6.33 Å². The SMILES string of the molecule is O=S(=O)(c1ccc(-n2cnnn2)cc1)N(Cc1ccc2c(c1)OCO2)Cc1ccccn1. The Hall–Kier alpha value is -3.83. The van der Waals surface area contributed by atoms with Gasteiger partial charge in [0.15, 0.2) is 11.5 Å². The van der Waals surface area contributed by atoms with Crippen LogP contribution in [0.15, 0.2) is 78.1 Å². The molecule has 10 nitrogen and oxygen atoms in total. The molecular formula is C21H18N6O4S. The number of sulfonamides is 1. The van der Waals surface area contributed by atoms with Gasteiger partial charge in [0, 0.05) is 12.7 Å². The molecule has 32 heavy (non-hydrogen) atoms. The predicted molar refractivity (Wildman–Crippen MR) is 112 cm³/mol. The normalized spacial score (nSPS) is 12.9. The average Bonchev–Trinajstić information content (AvgIpc) is 3.51. The van der Waals surface area contributed by atoms with E-state index in [-0.39, 0.29) is 24.8 Å². The molecule has 1 aliphatic heterocycles. The van der Waals surface area contributed by atoms with E-state index in [2.05, 4.69) is 20.5 Å². The molecule has 0 saturated carbocycles. The summed E-state index contributed by atoms with van der Waals surface area (Å²) in [5.74, 6) is 1.24. The van der Waals surface area contributed by atoms with Crippen LogP contribution in [0, 0.1) is 0 Å². The van der Waals surface area contributed by atoms with Crippen molar-refractivity contribution in [1.82, 2.24) is 29.5 Å². The molecule has 4 aromatic rings. The second-order valence-corrected chi connectivity index (χ2v) is 8.97. The van der Waals surface area contributed by atoms with Gasteiger partial charge in [-0.1, -0.05) is 12.1 Å². The van der Waals surface area contributed by atoms with E-state index >= 15 is 0 Å². The molecule has 0 saturated heterocycles. The zero-order chi connectivity index (χ0) is 22.0. The van der Waals surface area contributed by atoms with E-state index in [0.717, 1.165) is 5.56 Å². The van der Waals surface area contributed by atoms with Crippen LogP contribution in [0.5, 0.6) is 11.5 Å². The molecule has 2 aromatic heterocycles. The Morgan fingerprint density at radius 1 is 0.969 bits per heavy atom. The van der Waals surface area contributed by atoms with Crippen LogP contribution in [0.1, 0.15) is 11.3 Å². The van der Waals surface area contributed by atoms with E-state index in [1.54, 1.807) is 42.6 Å². The van der Waals surface area contributed by atoms with E-state index in [0.29, 0.717) is 22.9 Å². The summed E-state index contributed by atoms with van der Waals surface area (Å²) >= 11 is 0. The number of nitrogens with zero attached hydrogens (tertiary/aromatic N) is 6. The van der Waals surface area contributed by atoms with Gasteiger partial charge < -0.3 is 9.47 Å². The van der Waals surface area contributed by atoms with Crippen LogP contribution in [-0.2, 0) is 23.1 Å². The summed E-state index contributed by atoms with van der Waals surface area (Å²) in [4.78, 5) is 4.46. The molecule has 0 radical (unpaired) electrons. The van der Waals surface area contributed by atoms with Crippen molar-refractivity contribution in [3.05, 3.63) is 84.4 Å². The number of tetrazole rings is 1. The number of benzene rings is 2. The van der Waals surface area contributed by atoms with Gasteiger partial charge in [-0.25, -0.2) is 13.1 Å². The number of ether oxygens (including phenoxy) is 2. The highest BCUT2D eigenvalue weighted by Gasteiger charge is 2.26. The van der Waals surface area contributed by atoms with Crippen LogP contribution in [-0.4, -0.2) is 44.7 Å². The van der Waals surface area contributed by atoms with Crippen molar-refractivity contribution in [3.8, 4) is 17.2 Å². The standard InChI is InChI=1S/C21H18N6O4S/c28-32(29,19-7-5-18(6-8-19)27-14-23-24-25-27)26(13-17-3-1-2-10-22-17)12-16-4-9-20-21(11-16)31-15-30-20/h1-11,14H,12-13,15H2. The minimum atomic E-state index is -3.84. The number of fused-ring (bicyclic) bond motifs is 1. The summed E-state index contributed by atoms with van der Waals surface area (Å²) < 4.78 is 40.8. The minimum absolute atomic E-state index is 0.117. The molecule has 0 aliphatic carbocycles. The van der Waals surface area contributed by atoms with Gasteiger partial charge in [-0.2, -0.15) is 4.31 Å². The molecule has 0 spiro atoms. The summed E-state index contributed by atoms with van der Waals surface area (Å²) in [7, 11) is -3.84. The molecule has 2 aromatic carbocycles. The maximum absolute atomic E-state index is 13.6. The van der Waals surface area contributed by atoms with E-state index in [4.69, 9.17) is 9.47 Å². The first kappa shape index (κ1) is 20.1. The van der Waals surface area contributed by atoms with Crippen molar-refractivity contribution in [2.45, 2.75) is 18.0 Å². The van der Waals surface area contributed by atoms with Crippen molar-refractivity contribution in [3.63, 3.8) is 0 Å². The lowest BCUT2D eigenvalue weighted by Gasteiger charge is -2.22. The molecule has 0 atom stereocenters. The van der Waals surface area contributed by atoms with Crippen molar-refractivity contribution in [2.75, 3.05) is 6.79 Å². The topological polar surface area (TPSA) is 112 Å². The molecular weight excluding hydrogens is 432 g/mol. The highest BCUT2D eigenvalue weighted by Crippen LogP contribution is 2.33. The first-order chi connectivity index (χ1) is 15.6. The lowest BCUT2D eigenvalue weighted by molar-refractivity contribution is 0.174. The quantitative estimate of drug-likeness (QED) is 0.421. The van der Waals surface area contributed by atoms with E-state index in [1.165, 1.54) is 27.4 Å². The average molecular weight is 450 g/mol. The largest absolute Gasteiger partial charge is 0.454 e. The third-order valence-corrected chi connectivity index (χ3v) is 6.75. The monoisotopic (exact) mass is 450 g/mol. The summed E-state index contributed by atoms with van der Waals surface area (Å²) in [6.45, 7) is 0.416. The lowest BCUT2D eigenvalue weighted by atomic mass is 10.2. The summed E-state index contributed by atoms with van der Waals surface area (Å²) in [5.41, 5.74) is 2.07. The molecule has 162 valence electrons. The maximum Gasteiger partial charge on any atom is 0.243 e. The lowest BCUT2D eigenvalue weighted by Crippen LogP contribution is -2.30. The molecule has 1 aliphatic rings. The van der Waals surface area contributed by atoms with Crippen LogP contribution < -0.4 is 9.47 Å². The summed E-state index contributed by atoms with van der Waals surface area (Å²) in [6.07, 6.45) is 3.08. The van der Waals surface area contributed by atoms with Crippen LogP contribution in [0.2, 0.25) is 0 Å². The predicted octanol–water partition coefficient (Wildman–Crippen LogP) is 2.18. The van der Waals surface area contributed by atoms with Crippen LogP contribution in [0.25, 0.3) is 5.69 Å². The minimum Gasteiger partial charge on any atom is -0.454 e. The molecule has 0 N–H and O–H groups in total. The summed E-state index contributed by atoms with van der Waals surface area (Å²) in [5, 5.41) is 11.0. The number of pyridine rings is 1. The molecule has 3 heterocycles. The van der Waals surface area contributed by atoms with Crippen molar-refractivity contribution in [2.24, 2.45) is 0 Å². The second-order valence-electron chi connectivity index (χ2n) is 7.03. The first-order valence-corrected chi connectivity index (χ1v) is 11.2. The molecule has 0 bridgehead atoms. The van der Waals surface area contributed by atoms with Gasteiger partial charge in [0.25, 0.3) is 0 Å². The number of hydrogen-bond acceptors (Lipinski definition) is 8. The highest BCUT2D eigenvalue weighted by molar-refractivity contribution is 7.89. The van der Waals surface area contributed by atoms with Gasteiger partial charge in [0.05, 0.1) is 22.8 Å². The third kappa shape index (κ3) is 4.03. The Bertz CT molecular complexity index is 1310. The number of rotatable bonds is 7. The molecule has 11 heteroatoms. The third-order valence-electron chi connectivity index (χ3n) is 4.95. The zero-order valence-electron chi connectivity index (χ0n) is 16.8. The summed E-state index contributed by atoms with van der Waals surface area (Å²) in [6, 6.07) is 17.2. The van der Waals surface area contributed by atoms with E-state index in [9.17, 15) is 8.42 Å². The molecule has 0 fully saturated rings. The fourth-order valence-corrected chi connectivity index (χ4v) is 4.74. The highest BCUT2D eigenvalue weighted by atomic mass is 32.2. The Balaban J connectivity index is 1.47. The zero-order valence-corrected chi connectivity index (χ0v) is 17.6. The number of hydrogen-bond donors (Lipinski definition) is 0. The Morgan fingerprint density at radius 2 is 1.81 bits per heavy atom.